The van der Waals surface area contributed by atoms with Gasteiger partial charge in [0, 0.05) is 24.4 Å². The highest BCUT2D eigenvalue weighted by Gasteiger charge is 2.08. The van der Waals surface area contributed by atoms with E-state index in [1.165, 1.54) is 16.3 Å². The van der Waals surface area contributed by atoms with Crippen LogP contribution in [0.3, 0.4) is 0 Å². The van der Waals surface area contributed by atoms with Gasteiger partial charge in [-0.15, -0.1) is 0 Å². The standard InChI is InChI=1S/C19H15N5S/c25-19-23-22-18(24(19)21-13-14-5-4-10-20-12-14)11-16-8-3-7-15-6-1-2-9-17(15)16/h1-10,12-13H,11H2,(H,23,25). The maximum atomic E-state index is 5.32. The zero-order chi connectivity index (χ0) is 17.1. The first-order valence-electron chi connectivity index (χ1n) is 7.88. The molecule has 4 rings (SSSR count). The van der Waals surface area contributed by atoms with Crippen molar-refractivity contribution in [2.45, 2.75) is 6.42 Å². The molecule has 0 aliphatic carbocycles. The topological polar surface area (TPSA) is 58.9 Å². The van der Waals surface area contributed by atoms with Crippen LogP contribution < -0.4 is 0 Å². The number of pyridine rings is 1. The third kappa shape index (κ3) is 3.25. The number of benzene rings is 2. The Labute approximate surface area is 149 Å². The monoisotopic (exact) mass is 345 g/mol. The zero-order valence-electron chi connectivity index (χ0n) is 13.3. The van der Waals surface area contributed by atoms with Gasteiger partial charge in [0.2, 0.25) is 4.77 Å². The number of aromatic nitrogens is 4. The number of nitrogens with zero attached hydrogens (tertiary/aromatic N) is 4. The van der Waals surface area contributed by atoms with E-state index >= 15 is 0 Å². The highest BCUT2D eigenvalue weighted by molar-refractivity contribution is 7.71. The minimum absolute atomic E-state index is 0.468. The SMILES string of the molecule is S=c1[nH]nc(Cc2cccc3ccccc23)n1N=Cc1cccnc1. The molecule has 0 saturated carbocycles. The second-order valence-corrected chi connectivity index (χ2v) is 5.99. The van der Waals surface area contributed by atoms with Gasteiger partial charge >= 0.3 is 0 Å². The molecular weight excluding hydrogens is 330 g/mol. The van der Waals surface area contributed by atoms with Gasteiger partial charge in [0.15, 0.2) is 5.82 Å². The van der Waals surface area contributed by atoms with Gasteiger partial charge in [-0.25, -0.2) is 0 Å². The van der Waals surface area contributed by atoms with Crippen LogP contribution >= 0.6 is 12.2 Å². The molecule has 0 amide bonds. The van der Waals surface area contributed by atoms with E-state index in [0.717, 1.165) is 11.4 Å². The lowest BCUT2D eigenvalue weighted by atomic mass is 10.0. The summed E-state index contributed by atoms with van der Waals surface area (Å²) in [5, 5.41) is 14.1. The quantitative estimate of drug-likeness (QED) is 0.450. The van der Waals surface area contributed by atoms with E-state index in [9.17, 15) is 0 Å². The molecule has 0 unspecified atom stereocenters. The Morgan fingerprint density at radius 3 is 2.84 bits per heavy atom. The van der Waals surface area contributed by atoms with E-state index in [4.69, 9.17) is 12.2 Å². The Balaban J connectivity index is 1.70. The van der Waals surface area contributed by atoms with Crippen molar-refractivity contribution < 1.29 is 0 Å². The normalized spacial score (nSPS) is 11.4. The van der Waals surface area contributed by atoms with Crippen LogP contribution in [-0.2, 0) is 6.42 Å². The summed E-state index contributed by atoms with van der Waals surface area (Å²) in [5.41, 5.74) is 2.09. The van der Waals surface area contributed by atoms with Crippen molar-refractivity contribution in [3.05, 3.63) is 88.7 Å². The first-order chi connectivity index (χ1) is 12.3. The van der Waals surface area contributed by atoms with Gasteiger partial charge in [-0.1, -0.05) is 48.5 Å². The molecule has 1 N–H and O–H groups in total. The third-order valence-electron chi connectivity index (χ3n) is 3.95. The molecule has 0 aliphatic rings. The fourth-order valence-electron chi connectivity index (χ4n) is 2.75. The van der Waals surface area contributed by atoms with Gasteiger partial charge < -0.3 is 0 Å². The second-order valence-electron chi connectivity index (χ2n) is 5.60. The Kier molecular flexibility index (Phi) is 4.18. The predicted octanol–water partition coefficient (Wildman–Crippen LogP) is 3.96. The van der Waals surface area contributed by atoms with Crippen molar-refractivity contribution in [1.29, 1.82) is 0 Å². The van der Waals surface area contributed by atoms with Crippen molar-refractivity contribution in [1.82, 2.24) is 19.9 Å². The van der Waals surface area contributed by atoms with Crippen LogP contribution in [0.5, 0.6) is 0 Å². The van der Waals surface area contributed by atoms with Gasteiger partial charge in [0.05, 0.1) is 6.21 Å². The van der Waals surface area contributed by atoms with Crippen molar-refractivity contribution >= 4 is 29.2 Å². The maximum absolute atomic E-state index is 5.32. The molecule has 122 valence electrons. The molecule has 0 spiro atoms. The van der Waals surface area contributed by atoms with Crippen LogP contribution in [0.15, 0.2) is 72.1 Å². The van der Waals surface area contributed by atoms with Gasteiger partial charge in [-0.05, 0) is 34.6 Å². The molecule has 2 aromatic heterocycles. The zero-order valence-corrected chi connectivity index (χ0v) is 14.1. The van der Waals surface area contributed by atoms with Gasteiger partial charge in [-0.3, -0.25) is 10.1 Å². The predicted molar refractivity (Wildman–Crippen MR) is 101 cm³/mol. The van der Waals surface area contributed by atoms with Crippen LogP contribution in [0.2, 0.25) is 0 Å². The summed E-state index contributed by atoms with van der Waals surface area (Å²) < 4.78 is 2.12. The number of nitrogens with one attached hydrogen (secondary N) is 1. The highest BCUT2D eigenvalue weighted by Crippen LogP contribution is 2.20. The molecule has 5 nitrogen and oxygen atoms in total. The molecule has 0 saturated heterocycles. The summed E-state index contributed by atoms with van der Waals surface area (Å²) in [6, 6.07) is 18.4. The number of fused-ring (bicyclic) bond motifs is 1. The molecule has 0 atom stereocenters. The van der Waals surface area contributed by atoms with E-state index in [1.54, 1.807) is 23.3 Å². The average molecular weight is 345 g/mol. The Hall–Kier alpha value is -3.12. The van der Waals surface area contributed by atoms with Crippen molar-refractivity contribution in [3.8, 4) is 0 Å². The summed E-state index contributed by atoms with van der Waals surface area (Å²) in [4.78, 5) is 4.08. The third-order valence-corrected chi connectivity index (χ3v) is 4.22. The lowest BCUT2D eigenvalue weighted by Crippen LogP contribution is -2.01. The molecule has 0 radical (unpaired) electrons. The summed E-state index contributed by atoms with van der Waals surface area (Å²) in [6.45, 7) is 0. The number of aromatic amines is 1. The molecular formula is C19H15N5S. The Morgan fingerprint density at radius 2 is 1.96 bits per heavy atom. The molecule has 0 fully saturated rings. The van der Waals surface area contributed by atoms with Crippen molar-refractivity contribution in [2.24, 2.45) is 5.10 Å². The molecule has 0 bridgehead atoms. The molecule has 0 aliphatic heterocycles. The van der Waals surface area contributed by atoms with E-state index in [1.807, 2.05) is 24.3 Å². The maximum Gasteiger partial charge on any atom is 0.216 e. The second kappa shape index (κ2) is 6.78. The van der Waals surface area contributed by atoms with Crippen LogP contribution in [0.4, 0.5) is 0 Å². The fraction of sp³-hybridized carbons (Fsp3) is 0.0526. The first-order valence-corrected chi connectivity index (χ1v) is 8.29. The van der Waals surface area contributed by atoms with Gasteiger partial charge in [0.1, 0.15) is 0 Å². The van der Waals surface area contributed by atoms with Gasteiger partial charge in [-0.2, -0.15) is 14.9 Å². The van der Waals surface area contributed by atoms with Crippen LogP contribution in [0.25, 0.3) is 10.8 Å². The number of hydrogen-bond acceptors (Lipinski definition) is 4. The molecule has 2 aromatic carbocycles. The number of rotatable bonds is 4. The molecule has 2 heterocycles. The van der Waals surface area contributed by atoms with Gasteiger partial charge in [0.25, 0.3) is 0 Å². The molecule has 4 aromatic rings. The lowest BCUT2D eigenvalue weighted by Gasteiger charge is -2.06. The molecule has 6 heteroatoms. The number of hydrogen-bond donors (Lipinski definition) is 1. The van der Waals surface area contributed by atoms with E-state index in [2.05, 4.69) is 50.6 Å². The van der Waals surface area contributed by atoms with E-state index in [0.29, 0.717) is 11.2 Å². The summed E-state index contributed by atoms with van der Waals surface area (Å²) in [5.74, 6) is 0.765. The largest absolute Gasteiger partial charge is 0.264 e. The number of H-pyrrole nitrogens is 1. The summed E-state index contributed by atoms with van der Waals surface area (Å²) >= 11 is 5.32. The van der Waals surface area contributed by atoms with Crippen LogP contribution in [-0.4, -0.2) is 26.1 Å². The van der Waals surface area contributed by atoms with E-state index in [-0.39, 0.29) is 0 Å². The first kappa shape index (κ1) is 15.4. The average Bonchev–Trinajstić information content (AvgIpc) is 3.01. The fourth-order valence-corrected chi connectivity index (χ4v) is 2.95. The minimum atomic E-state index is 0.468. The van der Waals surface area contributed by atoms with Crippen molar-refractivity contribution in [3.63, 3.8) is 0 Å². The summed E-state index contributed by atoms with van der Waals surface area (Å²) in [6.07, 6.45) is 5.84. The van der Waals surface area contributed by atoms with E-state index < -0.39 is 0 Å². The Bertz CT molecular complexity index is 1090. The summed E-state index contributed by atoms with van der Waals surface area (Å²) in [7, 11) is 0. The lowest BCUT2D eigenvalue weighted by molar-refractivity contribution is 0.793. The molecule has 25 heavy (non-hydrogen) atoms. The van der Waals surface area contributed by atoms with Crippen LogP contribution in [0.1, 0.15) is 17.0 Å². The Morgan fingerprint density at radius 1 is 1.08 bits per heavy atom. The van der Waals surface area contributed by atoms with Crippen LogP contribution in [0, 0.1) is 4.77 Å². The minimum Gasteiger partial charge on any atom is -0.264 e. The smallest absolute Gasteiger partial charge is 0.216 e. The van der Waals surface area contributed by atoms with Crippen molar-refractivity contribution in [2.75, 3.05) is 0 Å². The highest BCUT2D eigenvalue weighted by atomic mass is 32.1.